The number of rotatable bonds is 4. The van der Waals surface area contributed by atoms with E-state index < -0.39 is 5.60 Å². The van der Waals surface area contributed by atoms with Gasteiger partial charge in [-0.05, 0) is 44.9 Å². The van der Waals surface area contributed by atoms with Gasteiger partial charge in [0.15, 0.2) is 0 Å². The molecule has 1 fully saturated rings. The van der Waals surface area contributed by atoms with Crippen molar-refractivity contribution in [2.24, 2.45) is 0 Å². The molecule has 1 heterocycles. The van der Waals surface area contributed by atoms with Crippen molar-refractivity contribution >= 4 is 35.1 Å². The van der Waals surface area contributed by atoms with E-state index in [-0.39, 0.29) is 30.3 Å². The Morgan fingerprint density at radius 1 is 1.30 bits per heavy atom. The fraction of sp³-hybridized carbons (Fsp3) is 0.529. The molecule has 4 nitrogen and oxygen atoms in total. The summed E-state index contributed by atoms with van der Waals surface area (Å²) < 4.78 is 5.31. The number of benzene rings is 1. The highest BCUT2D eigenvalue weighted by Gasteiger charge is 2.34. The summed E-state index contributed by atoms with van der Waals surface area (Å²) in [5.41, 5.74) is 0.450. The molecule has 6 heteroatoms. The molecule has 126 valence electrons. The molecule has 0 saturated carbocycles. The first-order valence-electron chi connectivity index (χ1n) is 7.62. The van der Waals surface area contributed by atoms with Crippen LogP contribution in [0.4, 0.5) is 0 Å². The van der Waals surface area contributed by atoms with Crippen LogP contribution in [0.2, 0.25) is 10.0 Å². The lowest BCUT2D eigenvalue weighted by molar-refractivity contribution is -0.155. The van der Waals surface area contributed by atoms with E-state index in [1.807, 2.05) is 26.8 Å². The number of hydrogen-bond acceptors (Lipinski definition) is 3. The van der Waals surface area contributed by atoms with Gasteiger partial charge >= 0.3 is 5.97 Å². The number of carbonyl (C=O) groups is 2. The fourth-order valence-corrected chi connectivity index (χ4v) is 3.05. The van der Waals surface area contributed by atoms with E-state index in [0.29, 0.717) is 22.9 Å². The van der Waals surface area contributed by atoms with E-state index in [0.717, 1.165) is 5.56 Å². The summed E-state index contributed by atoms with van der Waals surface area (Å²) in [6.07, 6.45) is 1.18. The van der Waals surface area contributed by atoms with Crippen LogP contribution in [0.3, 0.4) is 0 Å². The van der Waals surface area contributed by atoms with Gasteiger partial charge in [0.2, 0.25) is 5.91 Å². The van der Waals surface area contributed by atoms with Crippen LogP contribution in [0.5, 0.6) is 0 Å². The van der Waals surface area contributed by atoms with Crippen molar-refractivity contribution in [3.63, 3.8) is 0 Å². The van der Waals surface area contributed by atoms with Crippen molar-refractivity contribution in [2.45, 2.75) is 57.6 Å². The molecule has 2 rings (SSSR count). The SMILES string of the molecule is CC(C)(C)OC(=O)CCC1NC(=O)CC1c1ccc(Cl)c(Cl)c1. The van der Waals surface area contributed by atoms with Gasteiger partial charge in [-0.15, -0.1) is 0 Å². The summed E-state index contributed by atoms with van der Waals surface area (Å²) in [7, 11) is 0. The van der Waals surface area contributed by atoms with Gasteiger partial charge in [-0.2, -0.15) is 0 Å². The Morgan fingerprint density at radius 2 is 2.00 bits per heavy atom. The predicted molar refractivity (Wildman–Crippen MR) is 90.8 cm³/mol. The first kappa shape index (κ1) is 18.1. The molecule has 1 aromatic carbocycles. The Hall–Kier alpha value is -1.26. The van der Waals surface area contributed by atoms with Crippen molar-refractivity contribution in [1.29, 1.82) is 0 Å². The summed E-state index contributed by atoms with van der Waals surface area (Å²) in [6.45, 7) is 5.50. The minimum absolute atomic E-state index is 0.0142. The normalized spacial score (nSPS) is 21.2. The quantitative estimate of drug-likeness (QED) is 0.825. The first-order valence-corrected chi connectivity index (χ1v) is 8.37. The van der Waals surface area contributed by atoms with Gasteiger partial charge in [0.1, 0.15) is 5.60 Å². The third-order valence-electron chi connectivity index (χ3n) is 3.69. The topological polar surface area (TPSA) is 55.4 Å². The maximum atomic E-state index is 11.9. The summed E-state index contributed by atoms with van der Waals surface area (Å²) >= 11 is 12.0. The molecule has 0 aliphatic carbocycles. The molecule has 23 heavy (non-hydrogen) atoms. The van der Waals surface area contributed by atoms with E-state index in [1.54, 1.807) is 12.1 Å². The Morgan fingerprint density at radius 3 is 2.61 bits per heavy atom. The molecule has 1 aliphatic heterocycles. The minimum Gasteiger partial charge on any atom is -0.460 e. The van der Waals surface area contributed by atoms with E-state index in [2.05, 4.69) is 5.32 Å². The van der Waals surface area contributed by atoms with E-state index in [1.165, 1.54) is 0 Å². The molecular formula is C17H21Cl2NO3. The minimum atomic E-state index is -0.501. The number of esters is 1. The maximum absolute atomic E-state index is 11.9. The van der Waals surface area contributed by atoms with Crippen molar-refractivity contribution in [3.8, 4) is 0 Å². The van der Waals surface area contributed by atoms with Gasteiger partial charge in [-0.25, -0.2) is 0 Å². The van der Waals surface area contributed by atoms with Crippen LogP contribution < -0.4 is 5.32 Å². The second kappa shape index (κ2) is 7.10. The van der Waals surface area contributed by atoms with Crippen molar-refractivity contribution in [2.75, 3.05) is 0 Å². The third kappa shape index (κ3) is 5.11. The van der Waals surface area contributed by atoms with Gasteiger partial charge < -0.3 is 10.1 Å². The number of hydrogen-bond donors (Lipinski definition) is 1. The highest BCUT2D eigenvalue weighted by atomic mass is 35.5. The van der Waals surface area contributed by atoms with Crippen LogP contribution in [0, 0.1) is 0 Å². The van der Waals surface area contributed by atoms with E-state index in [9.17, 15) is 9.59 Å². The van der Waals surface area contributed by atoms with Crippen LogP contribution in [0.15, 0.2) is 18.2 Å². The molecule has 0 aromatic heterocycles. The number of nitrogens with one attached hydrogen (secondary N) is 1. The zero-order chi connectivity index (χ0) is 17.2. The Kier molecular flexibility index (Phi) is 5.58. The lowest BCUT2D eigenvalue weighted by Gasteiger charge is -2.22. The molecular weight excluding hydrogens is 337 g/mol. The first-order chi connectivity index (χ1) is 10.7. The number of amides is 1. The van der Waals surface area contributed by atoms with E-state index in [4.69, 9.17) is 27.9 Å². The summed E-state index contributed by atoms with van der Waals surface area (Å²) in [5, 5.41) is 3.88. The van der Waals surface area contributed by atoms with Gasteiger partial charge in [-0.1, -0.05) is 29.3 Å². The third-order valence-corrected chi connectivity index (χ3v) is 4.43. The second-order valence-corrected chi connectivity index (χ2v) is 7.60. The zero-order valence-electron chi connectivity index (χ0n) is 13.5. The molecule has 2 unspecified atom stereocenters. The molecule has 1 saturated heterocycles. The summed E-state index contributed by atoms with van der Waals surface area (Å²) in [4.78, 5) is 23.6. The number of ether oxygens (including phenoxy) is 1. The van der Waals surface area contributed by atoms with Crippen LogP contribution >= 0.6 is 23.2 Å². The van der Waals surface area contributed by atoms with E-state index >= 15 is 0 Å². The summed E-state index contributed by atoms with van der Waals surface area (Å²) in [6, 6.07) is 5.29. The Labute approximate surface area is 146 Å². The Bertz CT molecular complexity index is 610. The zero-order valence-corrected chi connectivity index (χ0v) is 15.0. The molecule has 2 atom stereocenters. The largest absolute Gasteiger partial charge is 0.460 e. The molecule has 0 spiro atoms. The van der Waals surface area contributed by atoms with Crippen LogP contribution in [-0.2, 0) is 14.3 Å². The average Bonchev–Trinajstić information content (AvgIpc) is 2.79. The van der Waals surface area contributed by atoms with Crippen LogP contribution in [0.1, 0.15) is 51.5 Å². The van der Waals surface area contributed by atoms with Gasteiger partial charge in [0.25, 0.3) is 0 Å². The molecule has 1 amide bonds. The second-order valence-electron chi connectivity index (χ2n) is 6.78. The lowest BCUT2D eigenvalue weighted by Crippen LogP contribution is -2.30. The molecule has 1 aromatic rings. The van der Waals surface area contributed by atoms with Crippen molar-refractivity contribution < 1.29 is 14.3 Å². The standard InChI is InChI=1S/C17H21Cl2NO3/c1-17(2,3)23-16(22)7-6-14-11(9-15(21)20-14)10-4-5-12(18)13(19)8-10/h4-5,8,11,14H,6-7,9H2,1-3H3,(H,20,21). The lowest BCUT2D eigenvalue weighted by atomic mass is 9.89. The highest BCUT2D eigenvalue weighted by Crippen LogP contribution is 2.34. The summed E-state index contributed by atoms with van der Waals surface area (Å²) in [5.74, 6) is -0.290. The van der Waals surface area contributed by atoms with Gasteiger partial charge in [-0.3, -0.25) is 9.59 Å². The van der Waals surface area contributed by atoms with Gasteiger partial charge in [0.05, 0.1) is 10.0 Å². The molecule has 0 radical (unpaired) electrons. The fourth-order valence-electron chi connectivity index (χ4n) is 2.74. The molecule has 1 aliphatic rings. The van der Waals surface area contributed by atoms with Crippen LogP contribution in [-0.4, -0.2) is 23.5 Å². The van der Waals surface area contributed by atoms with Crippen molar-refractivity contribution in [3.05, 3.63) is 33.8 Å². The average molecular weight is 358 g/mol. The van der Waals surface area contributed by atoms with Gasteiger partial charge in [0, 0.05) is 24.8 Å². The number of carbonyl (C=O) groups excluding carboxylic acids is 2. The molecule has 1 N–H and O–H groups in total. The van der Waals surface area contributed by atoms with Crippen LogP contribution in [0.25, 0.3) is 0 Å². The Balaban J connectivity index is 2.03. The van der Waals surface area contributed by atoms with Crippen molar-refractivity contribution in [1.82, 2.24) is 5.32 Å². The predicted octanol–water partition coefficient (Wildman–Crippen LogP) is 4.09. The molecule has 0 bridgehead atoms. The monoisotopic (exact) mass is 357 g/mol. The number of halogens is 2. The highest BCUT2D eigenvalue weighted by molar-refractivity contribution is 6.42. The smallest absolute Gasteiger partial charge is 0.306 e. The maximum Gasteiger partial charge on any atom is 0.306 e.